The molecule has 0 atom stereocenters. The lowest BCUT2D eigenvalue weighted by Crippen LogP contribution is -2.09. The number of benzene rings is 10. The molecule has 0 aliphatic carbocycles. The largest absolute Gasteiger partial charge is 0.316 e. The Hall–Kier alpha value is -8.20. The predicted octanol–water partition coefficient (Wildman–Crippen LogP) is 16.7. The monoisotopic (exact) mass is 788 g/mol. The highest BCUT2D eigenvalue weighted by Crippen LogP contribution is 2.42. The number of fused-ring (bicyclic) bond motifs is 8. The van der Waals surface area contributed by atoms with Crippen LogP contribution in [0.15, 0.2) is 243 Å². The van der Waals surface area contributed by atoms with Crippen LogP contribution in [0.25, 0.3) is 93.2 Å². The van der Waals surface area contributed by atoms with Crippen LogP contribution in [0.4, 0.5) is 17.1 Å². The first kappa shape index (κ1) is 35.7. The summed E-state index contributed by atoms with van der Waals surface area (Å²) in [5, 5.41) is 8.77. The number of rotatable bonds is 7. The second-order valence-electron chi connectivity index (χ2n) is 16.2. The third-order valence-electron chi connectivity index (χ3n) is 12.6. The van der Waals surface area contributed by atoms with Crippen molar-refractivity contribution in [1.82, 2.24) is 4.40 Å². The van der Waals surface area contributed by atoms with E-state index < -0.39 is 0 Å². The molecule has 0 aliphatic heterocycles. The summed E-state index contributed by atoms with van der Waals surface area (Å²) in [6, 6.07) is 86.3. The second kappa shape index (κ2) is 14.8. The minimum absolute atomic E-state index is 1.10. The smallest absolute Gasteiger partial charge is 0.0541 e. The van der Waals surface area contributed by atoms with Gasteiger partial charge in [0.25, 0.3) is 0 Å². The van der Waals surface area contributed by atoms with Gasteiger partial charge in [0.2, 0.25) is 0 Å². The number of hydrogen-bond donors (Lipinski definition) is 0. The van der Waals surface area contributed by atoms with Crippen molar-refractivity contribution in [3.8, 4) is 44.5 Å². The van der Waals surface area contributed by atoms with Crippen LogP contribution >= 0.6 is 0 Å². The lowest BCUT2D eigenvalue weighted by atomic mass is 9.95. The van der Waals surface area contributed by atoms with Crippen LogP contribution in [0.2, 0.25) is 0 Å². The van der Waals surface area contributed by atoms with Crippen LogP contribution in [0.1, 0.15) is 0 Å². The molecule has 10 aromatic carbocycles. The third kappa shape index (κ3) is 6.12. The third-order valence-corrected chi connectivity index (χ3v) is 12.6. The summed E-state index contributed by atoms with van der Waals surface area (Å²) in [5.41, 5.74) is 15.4. The standard InChI is InChI=1S/C60H40N2/c1-3-12-41(13-4-1)47-17-11-18-48(38-47)42-25-30-51(31-26-42)62(53-34-35-55-50(39-53)24-22-44-14-7-8-19-54(44)55)52-32-27-43(28-33-52)49-23-21-45-29-36-58-60(56(45)40-49)59(46-15-5-2-6-16-46)57-20-9-10-37-61(57)58/h1-40H. The highest BCUT2D eigenvalue weighted by atomic mass is 15.1. The maximum Gasteiger partial charge on any atom is 0.0541 e. The number of nitrogens with zero attached hydrogens (tertiary/aromatic N) is 2. The molecule has 2 aromatic heterocycles. The van der Waals surface area contributed by atoms with E-state index in [0.717, 1.165) is 17.1 Å². The van der Waals surface area contributed by atoms with Crippen molar-refractivity contribution >= 4 is 65.8 Å². The van der Waals surface area contributed by atoms with Gasteiger partial charge in [-0.05, 0) is 138 Å². The summed E-state index contributed by atoms with van der Waals surface area (Å²) in [7, 11) is 0. The quantitative estimate of drug-likeness (QED) is 0.146. The molecule has 0 unspecified atom stereocenters. The van der Waals surface area contributed by atoms with E-state index in [0.29, 0.717) is 0 Å². The number of hydrogen-bond acceptors (Lipinski definition) is 1. The molecule has 0 aliphatic rings. The molecule has 12 rings (SSSR count). The van der Waals surface area contributed by atoms with Gasteiger partial charge in [-0.2, -0.15) is 0 Å². The molecule has 62 heavy (non-hydrogen) atoms. The number of pyridine rings is 1. The second-order valence-corrected chi connectivity index (χ2v) is 16.2. The first-order chi connectivity index (χ1) is 30.7. The first-order valence-electron chi connectivity index (χ1n) is 21.3. The topological polar surface area (TPSA) is 7.65 Å². The van der Waals surface area contributed by atoms with Crippen molar-refractivity contribution in [1.29, 1.82) is 0 Å². The van der Waals surface area contributed by atoms with Gasteiger partial charge in [-0.1, -0.05) is 170 Å². The van der Waals surface area contributed by atoms with Crippen LogP contribution in [0.3, 0.4) is 0 Å². The first-order valence-corrected chi connectivity index (χ1v) is 21.3. The van der Waals surface area contributed by atoms with Gasteiger partial charge in [0.15, 0.2) is 0 Å². The molecule has 0 saturated heterocycles. The van der Waals surface area contributed by atoms with E-state index in [1.165, 1.54) is 93.2 Å². The zero-order valence-electron chi connectivity index (χ0n) is 34.0. The van der Waals surface area contributed by atoms with Crippen molar-refractivity contribution in [3.05, 3.63) is 243 Å². The number of anilines is 3. The Morgan fingerprint density at radius 3 is 1.53 bits per heavy atom. The molecule has 0 radical (unpaired) electrons. The van der Waals surface area contributed by atoms with E-state index in [1.807, 2.05) is 0 Å². The summed E-state index contributed by atoms with van der Waals surface area (Å²) in [6.07, 6.45) is 2.18. The Balaban J connectivity index is 0.961. The van der Waals surface area contributed by atoms with Gasteiger partial charge in [-0.25, -0.2) is 0 Å². The lowest BCUT2D eigenvalue weighted by molar-refractivity contribution is 1.26. The molecule has 2 heterocycles. The van der Waals surface area contributed by atoms with Crippen molar-refractivity contribution in [2.45, 2.75) is 0 Å². The molecular formula is C60H40N2. The summed E-state index contributed by atoms with van der Waals surface area (Å²) in [6.45, 7) is 0. The van der Waals surface area contributed by atoms with Gasteiger partial charge in [-0.15, -0.1) is 0 Å². The van der Waals surface area contributed by atoms with E-state index >= 15 is 0 Å². The van der Waals surface area contributed by atoms with Crippen LogP contribution in [-0.4, -0.2) is 4.40 Å². The van der Waals surface area contributed by atoms with Crippen molar-refractivity contribution in [2.75, 3.05) is 4.90 Å². The summed E-state index contributed by atoms with van der Waals surface area (Å²) >= 11 is 0. The molecular weight excluding hydrogens is 749 g/mol. The molecule has 2 nitrogen and oxygen atoms in total. The maximum absolute atomic E-state index is 2.38. The van der Waals surface area contributed by atoms with E-state index in [-0.39, 0.29) is 0 Å². The van der Waals surface area contributed by atoms with Gasteiger partial charge < -0.3 is 9.30 Å². The number of aromatic nitrogens is 1. The van der Waals surface area contributed by atoms with E-state index in [9.17, 15) is 0 Å². The van der Waals surface area contributed by atoms with Crippen molar-refractivity contribution < 1.29 is 0 Å². The van der Waals surface area contributed by atoms with E-state index in [1.54, 1.807) is 0 Å². The van der Waals surface area contributed by atoms with Crippen LogP contribution < -0.4 is 4.90 Å². The molecule has 0 amide bonds. The molecule has 0 spiro atoms. The molecule has 0 fully saturated rings. The lowest BCUT2D eigenvalue weighted by Gasteiger charge is -2.26. The van der Waals surface area contributed by atoms with Crippen molar-refractivity contribution in [3.63, 3.8) is 0 Å². The fourth-order valence-electron chi connectivity index (χ4n) is 9.53. The molecule has 0 bridgehead atoms. The van der Waals surface area contributed by atoms with Crippen molar-refractivity contribution in [2.24, 2.45) is 0 Å². The average molecular weight is 789 g/mol. The molecule has 2 heteroatoms. The Labute approximate surface area is 360 Å². The minimum atomic E-state index is 1.10. The van der Waals surface area contributed by atoms with Gasteiger partial charge in [0.05, 0.1) is 11.0 Å². The van der Waals surface area contributed by atoms with E-state index in [2.05, 4.69) is 252 Å². The maximum atomic E-state index is 2.38. The van der Waals surface area contributed by atoms with Gasteiger partial charge >= 0.3 is 0 Å². The fraction of sp³-hybridized carbons (Fsp3) is 0. The highest BCUT2D eigenvalue weighted by molar-refractivity contribution is 6.19. The molecule has 290 valence electrons. The van der Waals surface area contributed by atoms with E-state index in [4.69, 9.17) is 0 Å². The van der Waals surface area contributed by atoms with Gasteiger partial charge in [0, 0.05) is 34.2 Å². The SMILES string of the molecule is c1ccc(-c2cccc(-c3ccc(N(c4ccc(-c5ccc6ccc7c(c(-c8ccccc8)c8ccccn87)c6c5)cc4)c4ccc5c(ccc6ccccc65)c4)cc3)c2)cc1. The Bertz CT molecular complexity index is 3600. The average Bonchev–Trinajstić information content (AvgIpc) is 3.70. The summed E-state index contributed by atoms with van der Waals surface area (Å²) in [4.78, 5) is 2.38. The molecule has 12 aromatic rings. The zero-order chi connectivity index (χ0) is 41.0. The Kier molecular flexibility index (Phi) is 8.53. The van der Waals surface area contributed by atoms with Crippen LogP contribution in [0.5, 0.6) is 0 Å². The summed E-state index contributed by atoms with van der Waals surface area (Å²) < 4.78 is 2.33. The molecule has 0 saturated carbocycles. The molecule has 0 N–H and O–H groups in total. The van der Waals surface area contributed by atoms with Crippen LogP contribution in [0, 0.1) is 0 Å². The fourth-order valence-corrected chi connectivity index (χ4v) is 9.53. The predicted molar refractivity (Wildman–Crippen MR) is 264 cm³/mol. The van der Waals surface area contributed by atoms with Gasteiger partial charge in [0.1, 0.15) is 0 Å². The zero-order valence-corrected chi connectivity index (χ0v) is 34.0. The highest BCUT2D eigenvalue weighted by Gasteiger charge is 2.18. The minimum Gasteiger partial charge on any atom is -0.316 e. The normalized spacial score (nSPS) is 11.5. The van der Waals surface area contributed by atoms with Crippen LogP contribution in [-0.2, 0) is 0 Å². The van der Waals surface area contributed by atoms with Gasteiger partial charge in [-0.3, -0.25) is 0 Å². The Morgan fingerprint density at radius 2 is 0.790 bits per heavy atom. The summed E-state index contributed by atoms with van der Waals surface area (Å²) in [5.74, 6) is 0. The Morgan fingerprint density at radius 1 is 0.274 bits per heavy atom.